The predicted molar refractivity (Wildman–Crippen MR) is 63.9 cm³/mol. The minimum Gasteiger partial charge on any atom is -0.498 e. The van der Waals surface area contributed by atoms with Gasteiger partial charge in [0.25, 0.3) is 0 Å². The normalized spacial score (nSPS) is 39.0. The Kier molecular flexibility index (Phi) is 2.85. The van der Waals surface area contributed by atoms with Gasteiger partial charge in [-0.25, -0.2) is 0 Å². The average molecular weight is 222 g/mol. The van der Waals surface area contributed by atoms with Crippen molar-refractivity contribution in [1.29, 1.82) is 0 Å². The zero-order valence-electron chi connectivity index (χ0n) is 10.8. The summed E-state index contributed by atoms with van der Waals surface area (Å²) < 4.78 is 5.76. The van der Waals surface area contributed by atoms with Crippen molar-refractivity contribution in [3.8, 4) is 0 Å². The van der Waals surface area contributed by atoms with Crippen LogP contribution in [0.15, 0.2) is 11.3 Å². The molecule has 0 spiro atoms. The zero-order chi connectivity index (χ0) is 11.9. The Hall–Kier alpha value is -0.790. The summed E-state index contributed by atoms with van der Waals surface area (Å²) in [7, 11) is 0. The van der Waals surface area contributed by atoms with Crippen LogP contribution in [-0.2, 0) is 9.53 Å². The first-order chi connectivity index (χ1) is 7.47. The van der Waals surface area contributed by atoms with Crippen LogP contribution in [0.2, 0.25) is 0 Å². The molecule has 0 N–H and O–H groups in total. The van der Waals surface area contributed by atoms with Gasteiger partial charge < -0.3 is 4.74 Å². The molecule has 2 nitrogen and oxygen atoms in total. The lowest BCUT2D eigenvalue weighted by Gasteiger charge is -2.44. The van der Waals surface area contributed by atoms with E-state index in [-0.39, 0.29) is 5.41 Å². The van der Waals surface area contributed by atoms with E-state index in [4.69, 9.17) is 4.74 Å². The summed E-state index contributed by atoms with van der Waals surface area (Å²) in [4.78, 5) is 11.8. The van der Waals surface area contributed by atoms with E-state index in [9.17, 15) is 4.79 Å². The monoisotopic (exact) mass is 222 g/mol. The van der Waals surface area contributed by atoms with E-state index >= 15 is 0 Å². The lowest BCUT2D eigenvalue weighted by Crippen LogP contribution is -2.40. The number of carbonyl (C=O) groups excluding carboxylic acids is 1. The smallest absolute Gasteiger partial charge is 0.136 e. The largest absolute Gasteiger partial charge is 0.498 e. The summed E-state index contributed by atoms with van der Waals surface area (Å²) >= 11 is 0. The molecular weight excluding hydrogens is 200 g/mol. The topological polar surface area (TPSA) is 26.3 Å². The second-order valence-corrected chi connectivity index (χ2v) is 5.61. The molecule has 0 saturated heterocycles. The molecule has 1 heterocycles. The fourth-order valence-corrected chi connectivity index (χ4v) is 3.17. The summed E-state index contributed by atoms with van der Waals surface area (Å²) in [5.74, 6) is 2.43. The van der Waals surface area contributed by atoms with Crippen molar-refractivity contribution in [2.45, 2.75) is 47.0 Å². The molecule has 3 atom stereocenters. The number of hydrogen-bond acceptors (Lipinski definition) is 2. The molecule has 1 aliphatic carbocycles. The maximum Gasteiger partial charge on any atom is 0.136 e. The average Bonchev–Trinajstić information content (AvgIpc) is 2.23. The van der Waals surface area contributed by atoms with Crippen LogP contribution < -0.4 is 0 Å². The summed E-state index contributed by atoms with van der Waals surface area (Å²) in [6.45, 7) is 9.16. The van der Waals surface area contributed by atoms with Crippen LogP contribution in [0, 0.1) is 17.3 Å². The lowest BCUT2D eigenvalue weighted by molar-refractivity contribution is -0.129. The number of Topliss-reactive ketones (excluding diaryl/α,β-unsaturated/α-hetero) is 1. The Bertz CT molecular complexity index is 343. The van der Waals surface area contributed by atoms with Crippen molar-refractivity contribution in [2.24, 2.45) is 17.3 Å². The van der Waals surface area contributed by atoms with E-state index in [1.165, 1.54) is 11.3 Å². The highest BCUT2D eigenvalue weighted by Gasteiger charge is 2.44. The Labute approximate surface area is 98.1 Å². The van der Waals surface area contributed by atoms with Crippen LogP contribution in [0.1, 0.15) is 47.0 Å². The molecule has 0 bridgehead atoms. The van der Waals surface area contributed by atoms with Crippen molar-refractivity contribution in [2.75, 3.05) is 6.61 Å². The van der Waals surface area contributed by atoms with Gasteiger partial charge in [0.1, 0.15) is 5.78 Å². The highest BCUT2D eigenvalue weighted by molar-refractivity contribution is 5.83. The molecule has 0 saturated carbocycles. The molecule has 1 aliphatic heterocycles. The molecule has 0 unspecified atom stereocenters. The summed E-state index contributed by atoms with van der Waals surface area (Å²) in [5, 5.41) is 0. The van der Waals surface area contributed by atoms with Crippen LogP contribution in [0.5, 0.6) is 0 Å². The summed E-state index contributed by atoms with van der Waals surface area (Å²) in [6, 6.07) is 0. The molecule has 0 aromatic rings. The fourth-order valence-electron chi connectivity index (χ4n) is 3.17. The number of rotatable bonds is 1. The van der Waals surface area contributed by atoms with Gasteiger partial charge in [0.05, 0.1) is 12.4 Å². The van der Waals surface area contributed by atoms with E-state index in [1.54, 1.807) is 6.92 Å². The van der Waals surface area contributed by atoms with Crippen molar-refractivity contribution < 1.29 is 9.53 Å². The van der Waals surface area contributed by atoms with E-state index in [2.05, 4.69) is 20.8 Å². The molecule has 2 aliphatic rings. The predicted octanol–water partition coefficient (Wildman–Crippen LogP) is 3.32. The minimum absolute atomic E-state index is 0.173. The number of ether oxygens (including phenoxy) is 1. The Morgan fingerprint density at radius 2 is 2.12 bits per heavy atom. The quantitative estimate of drug-likeness (QED) is 0.680. The zero-order valence-corrected chi connectivity index (χ0v) is 10.8. The van der Waals surface area contributed by atoms with E-state index < -0.39 is 0 Å². The fraction of sp³-hybridized carbons (Fsp3) is 0.786. The van der Waals surface area contributed by atoms with Crippen LogP contribution in [-0.4, -0.2) is 12.4 Å². The maximum absolute atomic E-state index is 11.8. The highest BCUT2D eigenvalue weighted by Crippen LogP contribution is 2.49. The van der Waals surface area contributed by atoms with Crippen molar-refractivity contribution in [1.82, 2.24) is 0 Å². The van der Waals surface area contributed by atoms with Crippen molar-refractivity contribution in [3.63, 3.8) is 0 Å². The molecule has 90 valence electrons. The first kappa shape index (κ1) is 11.7. The van der Waals surface area contributed by atoms with Gasteiger partial charge in [-0.05, 0) is 37.2 Å². The molecule has 16 heavy (non-hydrogen) atoms. The SMILES string of the molecule is CC(=O)[C@@]1(C)CCC2=C([C@H](C)CCO2)[C@H]1C. The van der Waals surface area contributed by atoms with Gasteiger partial charge >= 0.3 is 0 Å². The van der Waals surface area contributed by atoms with Gasteiger partial charge in [0.2, 0.25) is 0 Å². The highest BCUT2D eigenvalue weighted by atomic mass is 16.5. The van der Waals surface area contributed by atoms with Crippen LogP contribution in [0.4, 0.5) is 0 Å². The minimum atomic E-state index is -0.173. The second kappa shape index (κ2) is 3.90. The Morgan fingerprint density at radius 1 is 1.44 bits per heavy atom. The first-order valence-electron chi connectivity index (χ1n) is 6.33. The third-order valence-electron chi connectivity index (χ3n) is 4.78. The molecule has 0 aromatic carbocycles. The van der Waals surface area contributed by atoms with E-state index in [0.29, 0.717) is 17.6 Å². The molecule has 0 amide bonds. The van der Waals surface area contributed by atoms with Crippen molar-refractivity contribution in [3.05, 3.63) is 11.3 Å². The summed E-state index contributed by atoms with van der Waals surface area (Å²) in [5.41, 5.74) is 1.24. The van der Waals surface area contributed by atoms with Gasteiger partial charge in [-0.2, -0.15) is 0 Å². The third kappa shape index (κ3) is 1.59. The Balaban J connectivity index is 2.38. The van der Waals surface area contributed by atoms with Gasteiger partial charge in [-0.3, -0.25) is 4.79 Å². The van der Waals surface area contributed by atoms with Gasteiger partial charge in [0.15, 0.2) is 0 Å². The molecule has 2 heteroatoms. The van der Waals surface area contributed by atoms with Gasteiger partial charge in [-0.1, -0.05) is 20.8 Å². The molecule has 0 radical (unpaired) electrons. The summed E-state index contributed by atoms with van der Waals surface area (Å²) in [6.07, 6.45) is 2.98. The molecule has 0 fully saturated rings. The van der Waals surface area contributed by atoms with Crippen molar-refractivity contribution >= 4 is 5.78 Å². The number of allylic oxidation sites excluding steroid dienone is 2. The Morgan fingerprint density at radius 3 is 2.75 bits per heavy atom. The lowest BCUT2D eigenvalue weighted by atomic mass is 9.62. The third-order valence-corrected chi connectivity index (χ3v) is 4.78. The standard InChI is InChI=1S/C14H22O2/c1-9-6-8-16-12-5-7-14(4,11(3)15)10(2)13(9)12/h9-10H,5-8H2,1-4H3/t9-,10-,14+/m1/s1. The molecule has 0 aromatic heterocycles. The van der Waals surface area contributed by atoms with Gasteiger partial charge in [-0.15, -0.1) is 0 Å². The molecular formula is C14H22O2. The molecule has 2 rings (SSSR count). The number of carbonyl (C=O) groups is 1. The number of hydrogen-bond donors (Lipinski definition) is 0. The second-order valence-electron chi connectivity index (χ2n) is 5.61. The van der Waals surface area contributed by atoms with Gasteiger partial charge in [0, 0.05) is 11.8 Å². The maximum atomic E-state index is 11.8. The van der Waals surface area contributed by atoms with Crippen LogP contribution >= 0.6 is 0 Å². The first-order valence-corrected chi connectivity index (χ1v) is 6.33. The van der Waals surface area contributed by atoms with E-state index in [1.807, 2.05) is 0 Å². The van der Waals surface area contributed by atoms with Crippen LogP contribution in [0.3, 0.4) is 0 Å². The van der Waals surface area contributed by atoms with Crippen LogP contribution in [0.25, 0.3) is 0 Å². The number of ketones is 1. The van der Waals surface area contributed by atoms with E-state index in [0.717, 1.165) is 25.9 Å².